The number of aromatic hydroxyl groups is 1. The van der Waals surface area contributed by atoms with Crippen LogP contribution in [0.2, 0.25) is 0 Å². The highest BCUT2D eigenvalue weighted by molar-refractivity contribution is 5.33. The highest BCUT2D eigenvalue weighted by Crippen LogP contribution is 2.33. The fourth-order valence-corrected chi connectivity index (χ4v) is 1.78. The maximum Gasteiger partial charge on any atom is 0.313 e. The number of hydrogen-bond acceptors (Lipinski definition) is 4. The summed E-state index contributed by atoms with van der Waals surface area (Å²) in [6, 6.07) is 6.57. The molecule has 0 bridgehead atoms. The normalized spacial score (nSPS) is 14.4. The minimum Gasteiger partial charge on any atom is -0.508 e. The lowest BCUT2D eigenvalue weighted by Gasteiger charge is -2.07. The lowest BCUT2D eigenvalue weighted by atomic mass is 10.3. The lowest BCUT2D eigenvalue weighted by Crippen LogP contribution is -2.20. The van der Waals surface area contributed by atoms with Gasteiger partial charge in [-0.05, 0) is 25.0 Å². The van der Waals surface area contributed by atoms with Crippen LogP contribution in [-0.4, -0.2) is 14.7 Å². The Bertz CT molecular complexity index is 632. The molecule has 1 aromatic carbocycles. The first-order valence-corrected chi connectivity index (χ1v) is 5.78. The van der Waals surface area contributed by atoms with Crippen molar-refractivity contribution in [2.24, 2.45) is 0 Å². The van der Waals surface area contributed by atoms with Gasteiger partial charge in [0.15, 0.2) is 0 Å². The number of aromatic nitrogens is 2. The molecule has 5 heteroatoms. The Morgan fingerprint density at radius 1 is 1.39 bits per heavy atom. The van der Waals surface area contributed by atoms with Crippen molar-refractivity contribution < 1.29 is 9.84 Å². The van der Waals surface area contributed by atoms with Gasteiger partial charge >= 0.3 is 5.56 Å². The highest BCUT2D eigenvalue weighted by Gasteiger charge is 2.25. The first-order valence-electron chi connectivity index (χ1n) is 5.78. The average Bonchev–Trinajstić information content (AvgIpc) is 3.16. The highest BCUT2D eigenvalue weighted by atomic mass is 16.5. The van der Waals surface area contributed by atoms with Gasteiger partial charge < -0.3 is 14.4 Å². The summed E-state index contributed by atoms with van der Waals surface area (Å²) in [6.45, 7) is 0. The molecule has 5 nitrogen and oxygen atoms in total. The van der Waals surface area contributed by atoms with Gasteiger partial charge in [-0.3, -0.25) is 4.79 Å². The van der Waals surface area contributed by atoms with Crippen molar-refractivity contribution in [3.63, 3.8) is 0 Å². The molecule has 0 saturated heterocycles. The summed E-state index contributed by atoms with van der Waals surface area (Å²) in [7, 11) is 0. The zero-order valence-corrected chi connectivity index (χ0v) is 9.61. The van der Waals surface area contributed by atoms with Crippen LogP contribution < -0.4 is 10.3 Å². The number of phenolic OH excluding ortho intramolecular Hbond substituents is 1. The summed E-state index contributed by atoms with van der Waals surface area (Å²) >= 11 is 0. The van der Waals surface area contributed by atoms with Crippen LogP contribution >= 0.6 is 0 Å². The molecule has 1 fully saturated rings. The largest absolute Gasteiger partial charge is 0.508 e. The molecule has 1 aromatic heterocycles. The zero-order valence-electron chi connectivity index (χ0n) is 9.61. The fraction of sp³-hybridized carbons (Fsp3) is 0.231. The third-order valence-corrected chi connectivity index (χ3v) is 2.81. The molecule has 2 aromatic rings. The Balaban J connectivity index is 1.93. The van der Waals surface area contributed by atoms with Crippen LogP contribution in [0.1, 0.15) is 18.9 Å². The van der Waals surface area contributed by atoms with E-state index >= 15 is 0 Å². The van der Waals surface area contributed by atoms with Crippen molar-refractivity contribution >= 4 is 0 Å². The quantitative estimate of drug-likeness (QED) is 0.897. The Labute approximate surface area is 103 Å². The SMILES string of the molecule is O=c1c(Oc2cccc(O)c2)nccn1C1CC1. The van der Waals surface area contributed by atoms with E-state index in [4.69, 9.17) is 4.74 Å². The van der Waals surface area contributed by atoms with Crippen LogP contribution in [0.3, 0.4) is 0 Å². The molecule has 1 saturated carbocycles. The molecule has 1 aliphatic carbocycles. The number of benzene rings is 1. The van der Waals surface area contributed by atoms with Crippen LogP contribution in [0.15, 0.2) is 41.5 Å². The molecule has 1 heterocycles. The molecule has 0 atom stereocenters. The van der Waals surface area contributed by atoms with Crippen LogP contribution in [0, 0.1) is 0 Å². The van der Waals surface area contributed by atoms with Crippen LogP contribution in [0.5, 0.6) is 17.4 Å². The van der Waals surface area contributed by atoms with Crippen LogP contribution in [0.25, 0.3) is 0 Å². The van der Waals surface area contributed by atoms with E-state index in [9.17, 15) is 9.90 Å². The summed E-state index contributed by atoms with van der Waals surface area (Å²) in [4.78, 5) is 16.0. The van der Waals surface area contributed by atoms with Gasteiger partial charge in [-0.15, -0.1) is 0 Å². The van der Waals surface area contributed by atoms with Gasteiger partial charge in [0.2, 0.25) is 0 Å². The maximum atomic E-state index is 12.1. The standard InChI is InChI=1S/C13H12N2O3/c16-10-2-1-3-11(8-10)18-12-13(17)15(7-6-14-12)9-4-5-9/h1-3,6-9,16H,4-5H2. The van der Waals surface area contributed by atoms with Crippen molar-refractivity contribution in [1.82, 2.24) is 9.55 Å². The van der Waals surface area contributed by atoms with Gasteiger partial charge in [0.1, 0.15) is 11.5 Å². The second kappa shape index (κ2) is 4.18. The van der Waals surface area contributed by atoms with E-state index in [2.05, 4.69) is 4.98 Å². The van der Waals surface area contributed by atoms with E-state index in [1.807, 2.05) is 0 Å². The van der Waals surface area contributed by atoms with E-state index in [-0.39, 0.29) is 23.2 Å². The molecule has 0 radical (unpaired) electrons. The summed E-state index contributed by atoms with van der Waals surface area (Å²) in [6.07, 6.45) is 5.28. The molecule has 0 aliphatic heterocycles. The molecule has 0 spiro atoms. The number of nitrogens with zero attached hydrogens (tertiary/aromatic N) is 2. The van der Waals surface area contributed by atoms with E-state index in [1.54, 1.807) is 29.1 Å². The third-order valence-electron chi connectivity index (χ3n) is 2.81. The zero-order chi connectivity index (χ0) is 12.5. The number of hydrogen-bond donors (Lipinski definition) is 1. The Morgan fingerprint density at radius 2 is 2.22 bits per heavy atom. The van der Waals surface area contributed by atoms with Crippen LogP contribution in [0.4, 0.5) is 0 Å². The van der Waals surface area contributed by atoms with Crippen molar-refractivity contribution in [1.29, 1.82) is 0 Å². The first kappa shape index (κ1) is 10.8. The molecule has 1 aliphatic rings. The van der Waals surface area contributed by atoms with Gasteiger partial charge in [0, 0.05) is 24.5 Å². The molecular weight excluding hydrogens is 232 g/mol. The number of rotatable bonds is 3. The van der Waals surface area contributed by atoms with Crippen molar-refractivity contribution in [3.05, 3.63) is 47.0 Å². The van der Waals surface area contributed by atoms with E-state index < -0.39 is 0 Å². The fourth-order valence-electron chi connectivity index (χ4n) is 1.78. The predicted octanol–water partition coefficient (Wildman–Crippen LogP) is 2.08. The van der Waals surface area contributed by atoms with E-state index in [0.717, 1.165) is 12.8 Å². The molecule has 18 heavy (non-hydrogen) atoms. The lowest BCUT2D eigenvalue weighted by molar-refractivity contribution is 0.433. The number of phenols is 1. The Hall–Kier alpha value is -2.30. The van der Waals surface area contributed by atoms with Crippen LogP contribution in [-0.2, 0) is 0 Å². The molecular formula is C13H12N2O3. The number of ether oxygens (including phenoxy) is 1. The second-order valence-electron chi connectivity index (χ2n) is 4.28. The average molecular weight is 244 g/mol. The van der Waals surface area contributed by atoms with Crippen molar-refractivity contribution in [3.8, 4) is 17.4 Å². The van der Waals surface area contributed by atoms with Gasteiger partial charge in [-0.1, -0.05) is 6.07 Å². The van der Waals surface area contributed by atoms with Crippen molar-refractivity contribution in [2.75, 3.05) is 0 Å². The predicted molar refractivity (Wildman–Crippen MR) is 64.9 cm³/mol. The third kappa shape index (κ3) is 2.07. The molecule has 1 N–H and O–H groups in total. The van der Waals surface area contributed by atoms with E-state index in [0.29, 0.717) is 5.75 Å². The molecule has 3 rings (SSSR count). The second-order valence-corrected chi connectivity index (χ2v) is 4.28. The Morgan fingerprint density at radius 3 is 2.94 bits per heavy atom. The molecule has 92 valence electrons. The molecule has 0 amide bonds. The summed E-state index contributed by atoms with van der Waals surface area (Å²) < 4.78 is 7.05. The van der Waals surface area contributed by atoms with Crippen molar-refractivity contribution in [2.45, 2.75) is 18.9 Å². The summed E-state index contributed by atoms with van der Waals surface area (Å²) in [5.41, 5.74) is -0.233. The smallest absolute Gasteiger partial charge is 0.313 e. The van der Waals surface area contributed by atoms with Gasteiger partial charge in [0.25, 0.3) is 5.88 Å². The minimum absolute atomic E-state index is 0.0370. The first-order chi connectivity index (χ1) is 8.74. The maximum absolute atomic E-state index is 12.1. The Kier molecular flexibility index (Phi) is 2.51. The molecule has 0 unspecified atom stereocenters. The van der Waals surface area contributed by atoms with E-state index in [1.165, 1.54) is 12.1 Å². The van der Waals surface area contributed by atoms with Gasteiger partial charge in [-0.2, -0.15) is 0 Å². The van der Waals surface area contributed by atoms with Gasteiger partial charge in [-0.25, -0.2) is 4.98 Å². The summed E-state index contributed by atoms with van der Waals surface area (Å²) in [5, 5.41) is 9.33. The monoisotopic (exact) mass is 244 g/mol. The minimum atomic E-state index is -0.233. The summed E-state index contributed by atoms with van der Waals surface area (Å²) in [5.74, 6) is 0.522. The topological polar surface area (TPSA) is 64.3 Å². The van der Waals surface area contributed by atoms with Gasteiger partial charge in [0.05, 0.1) is 0 Å².